The van der Waals surface area contributed by atoms with Crippen LogP contribution in [0.5, 0.6) is 0 Å². The lowest BCUT2D eigenvalue weighted by Gasteiger charge is -2.42. The number of nitrogens with two attached hydrogens (primary N) is 2. The lowest BCUT2D eigenvalue weighted by molar-refractivity contribution is -0.137. The highest BCUT2D eigenvalue weighted by molar-refractivity contribution is 7.19. The van der Waals surface area contributed by atoms with Crippen LogP contribution in [0.3, 0.4) is 0 Å². The van der Waals surface area contributed by atoms with E-state index in [1.807, 2.05) is 13.8 Å². The summed E-state index contributed by atoms with van der Waals surface area (Å²) in [5, 5.41) is 13.2. The van der Waals surface area contributed by atoms with E-state index in [1.54, 1.807) is 83.9 Å². The second-order valence-electron chi connectivity index (χ2n) is 21.3. The van der Waals surface area contributed by atoms with Crippen molar-refractivity contribution >= 4 is 90.1 Å². The van der Waals surface area contributed by atoms with Gasteiger partial charge in [0, 0.05) is 86.5 Å². The fraction of sp³-hybridized carbons (Fsp3) is 0.290. The van der Waals surface area contributed by atoms with Crippen LogP contribution in [0.4, 0.5) is 38.0 Å². The topological polar surface area (TPSA) is 226 Å². The van der Waals surface area contributed by atoms with Gasteiger partial charge in [-0.15, -0.1) is 22.7 Å². The Balaban J connectivity index is 0.000000198. The maximum atomic E-state index is 14.1. The standard InChI is InChI=1S/C31H29F3N4O3S.C25H18F3N3O3S.C6H13NO/c1-30(2)18-41-12-11-38(30)29(40)20-5-9-26(36-17-20)21-13-22-14-24(42-28(22)25(15-21)31(32,33)34)8-7-23(39)6-3-19-4-10-27(35)37-16-19;26-25(27,28)20-11-16(21-7-3-15(13-30-21)24(33)34)9-17-10-19(35-23(17)20)6-5-18(32)4-1-14-2-8-22(29)31-12-14;1-6(2)5-8-4-3-7-6/h3-6,9-10,13-17H,7-8,11-12,18H2,1-2H3,(H2,35,37);1-4,7-13H,5-6H2,(H2,29,31)(H,33,34);7H,3-5H2,1-2H3/b6-3+;4-1+;. The van der Waals surface area contributed by atoms with Crippen LogP contribution in [-0.2, 0) is 44.3 Å². The fourth-order valence-electron chi connectivity index (χ4n) is 9.06. The molecule has 0 atom stereocenters. The molecule has 2 aliphatic heterocycles. The smallest absolute Gasteiger partial charge is 0.417 e. The summed E-state index contributed by atoms with van der Waals surface area (Å²) < 4.78 is 94.7. The number of hydrogen-bond donors (Lipinski definition) is 4. The molecule has 2 aliphatic rings. The molecule has 2 aromatic carbocycles. The van der Waals surface area contributed by atoms with Crippen molar-refractivity contribution in [1.82, 2.24) is 30.2 Å². The van der Waals surface area contributed by atoms with E-state index >= 15 is 0 Å². The minimum absolute atomic E-state index is 0.0601. The molecule has 6 aromatic heterocycles. The number of thiophene rings is 2. The Morgan fingerprint density at radius 1 is 0.635 bits per heavy atom. The number of aromatic carboxylic acids is 1. The van der Waals surface area contributed by atoms with Gasteiger partial charge in [-0.1, -0.05) is 0 Å². The Bertz CT molecular complexity index is 3740. The summed E-state index contributed by atoms with van der Waals surface area (Å²) in [7, 11) is 0. The second kappa shape index (κ2) is 26.8. The van der Waals surface area contributed by atoms with E-state index in [9.17, 15) is 45.5 Å². The number of rotatable bonds is 14. The summed E-state index contributed by atoms with van der Waals surface area (Å²) in [6.07, 6.45) is 3.37. The Kier molecular flexibility index (Phi) is 19.8. The molecule has 0 unspecified atom stereocenters. The van der Waals surface area contributed by atoms with Crippen LogP contribution in [0, 0.1) is 0 Å². The van der Waals surface area contributed by atoms with Crippen LogP contribution in [0.1, 0.15) is 93.3 Å². The number of morpholine rings is 2. The van der Waals surface area contributed by atoms with Crippen LogP contribution in [0.2, 0.25) is 0 Å². The van der Waals surface area contributed by atoms with E-state index in [4.69, 9.17) is 26.0 Å². The number of pyridine rings is 4. The molecule has 0 radical (unpaired) electrons. The van der Waals surface area contributed by atoms with Crippen LogP contribution in [-0.4, -0.2) is 104 Å². The number of allylic oxidation sites excluding steroid dienone is 2. The zero-order chi connectivity index (χ0) is 61.3. The zero-order valence-electron chi connectivity index (χ0n) is 46.6. The molecule has 444 valence electrons. The number of nitrogens with zero attached hydrogens (tertiary/aromatic N) is 5. The first-order chi connectivity index (χ1) is 40.2. The van der Waals surface area contributed by atoms with E-state index in [-0.39, 0.29) is 62.1 Å². The maximum Gasteiger partial charge on any atom is 0.417 e. The number of alkyl halides is 6. The number of carbonyl (C=O) groups is 4. The Morgan fingerprint density at radius 2 is 1.12 bits per heavy atom. The van der Waals surface area contributed by atoms with Gasteiger partial charge < -0.3 is 36.3 Å². The molecule has 0 aliphatic carbocycles. The lowest BCUT2D eigenvalue weighted by Crippen LogP contribution is -2.55. The second-order valence-corrected chi connectivity index (χ2v) is 23.6. The molecule has 2 fully saturated rings. The molecule has 6 N–H and O–H groups in total. The first-order valence-corrected chi connectivity index (χ1v) is 28.4. The Labute approximate surface area is 493 Å². The highest BCUT2D eigenvalue weighted by Gasteiger charge is 2.37. The van der Waals surface area contributed by atoms with Crippen molar-refractivity contribution in [3.8, 4) is 22.5 Å². The maximum absolute atomic E-state index is 14.1. The van der Waals surface area contributed by atoms with Gasteiger partial charge in [0.1, 0.15) is 11.6 Å². The minimum Gasteiger partial charge on any atom is -0.478 e. The monoisotopic (exact) mass is 1210 g/mol. The van der Waals surface area contributed by atoms with Gasteiger partial charge in [-0.3, -0.25) is 24.4 Å². The highest BCUT2D eigenvalue weighted by Crippen LogP contribution is 2.43. The van der Waals surface area contributed by atoms with Gasteiger partial charge >= 0.3 is 18.3 Å². The van der Waals surface area contributed by atoms with E-state index in [0.717, 1.165) is 66.3 Å². The number of carboxylic acid groups (broad SMARTS) is 1. The van der Waals surface area contributed by atoms with Crippen molar-refractivity contribution in [2.75, 3.05) is 51.0 Å². The van der Waals surface area contributed by atoms with Crippen molar-refractivity contribution in [3.05, 3.63) is 165 Å². The number of nitrogens with one attached hydrogen (secondary N) is 1. The number of ether oxygens (including phenoxy) is 2. The summed E-state index contributed by atoms with van der Waals surface area (Å²) in [5.74, 6) is -0.953. The molecule has 2 saturated heterocycles. The summed E-state index contributed by atoms with van der Waals surface area (Å²) in [5.41, 5.74) is 12.1. The molecule has 1 amide bonds. The summed E-state index contributed by atoms with van der Waals surface area (Å²) in [4.78, 5) is 68.1. The largest absolute Gasteiger partial charge is 0.478 e. The van der Waals surface area contributed by atoms with Gasteiger partial charge in [0.2, 0.25) is 0 Å². The van der Waals surface area contributed by atoms with Crippen molar-refractivity contribution in [2.45, 2.75) is 76.8 Å². The number of halogens is 6. The fourth-order valence-corrected chi connectivity index (χ4v) is 11.4. The minimum atomic E-state index is -4.59. The lowest BCUT2D eigenvalue weighted by atomic mass is 10.0. The molecule has 10 rings (SSSR count). The summed E-state index contributed by atoms with van der Waals surface area (Å²) >= 11 is 2.03. The molecule has 0 bridgehead atoms. The number of carboxylic acids is 1. The van der Waals surface area contributed by atoms with Crippen LogP contribution in [0.15, 0.2) is 122 Å². The van der Waals surface area contributed by atoms with Gasteiger partial charge in [-0.2, -0.15) is 26.3 Å². The highest BCUT2D eigenvalue weighted by atomic mass is 32.1. The van der Waals surface area contributed by atoms with Gasteiger partial charge in [-0.25, -0.2) is 14.8 Å². The quantitative estimate of drug-likeness (QED) is 0.0587. The van der Waals surface area contributed by atoms with E-state index in [0.29, 0.717) is 87.1 Å². The molecule has 85 heavy (non-hydrogen) atoms. The number of carbonyl (C=O) groups excluding carboxylic acids is 3. The van der Waals surface area contributed by atoms with Crippen LogP contribution < -0.4 is 16.8 Å². The number of aryl methyl sites for hydroxylation is 2. The third-order valence-electron chi connectivity index (χ3n) is 13.5. The number of hydrogen-bond acceptors (Lipinski definition) is 15. The molecular formula is C62H60F6N8O7S2. The first-order valence-electron chi connectivity index (χ1n) is 26.7. The first kappa shape index (κ1) is 62.8. The predicted octanol–water partition coefficient (Wildman–Crippen LogP) is 12.7. The molecule has 8 heterocycles. The SMILES string of the molecule is CC1(C)COCCN1.CC1(C)COCCN1C(=O)c1ccc(-c2cc(C(F)(F)F)c3sc(CCC(=O)/C=C/c4ccc(N)nc4)cc3c2)nc1.Nc1ccc(/C=C/C(=O)CCc2cc3cc(-c4ccc(C(=O)O)cn4)cc(C(F)(F)F)c3s2)cn1. The molecule has 23 heteroatoms. The molecule has 0 saturated carbocycles. The van der Waals surface area contributed by atoms with Crippen molar-refractivity contribution in [2.24, 2.45) is 0 Å². The molecule has 15 nitrogen and oxygen atoms in total. The van der Waals surface area contributed by atoms with Crippen LogP contribution in [0.25, 0.3) is 54.8 Å². The number of amides is 1. The number of nitrogen functional groups attached to an aromatic ring is 2. The van der Waals surface area contributed by atoms with Crippen LogP contribution >= 0.6 is 22.7 Å². The Morgan fingerprint density at radius 3 is 1.49 bits per heavy atom. The van der Waals surface area contributed by atoms with Crippen molar-refractivity contribution in [3.63, 3.8) is 0 Å². The average molecular weight is 1210 g/mol. The third-order valence-corrected chi connectivity index (χ3v) is 16.0. The van der Waals surface area contributed by atoms with Crippen molar-refractivity contribution < 1.29 is 60.1 Å². The number of aromatic nitrogens is 4. The van der Waals surface area contributed by atoms with Gasteiger partial charge in [0.05, 0.1) is 65.6 Å². The van der Waals surface area contributed by atoms with E-state index in [2.05, 4.69) is 39.1 Å². The average Bonchev–Trinajstić information content (AvgIpc) is 2.27. The summed E-state index contributed by atoms with van der Waals surface area (Å²) in [6, 6.07) is 21.2. The number of anilines is 2. The molecule has 8 aromatic rings. The van der Waals surface area contributed by atoms with Gasteiger partial charge in [0.25, 0.3) is 5.91 Å². The zero-order valence-corrected chi connectivity index (χ0v) is 48.3. The van der Waals surface area contributed by atoms with E-state index in [1.165, 1.54) is 36.7 Å². The molecular weight excluding hydrogens is 1150 g/mol. The van der Waals surface area contributed by atoms with Gasteiger partial charge in [0.15, 0.2) is 11.6 Å². The van der Waals surface area contributed by atoms with Gasteiger partial charge in [-0.05, 0) is 172 Å². The molecule has 0 spiro atoms. The summed E-state index contributed by atoms with van der Waals surface area (Å²) in [6.45, 7) is 12.1. The van der Waals surface area contributed by atoms with Crippen molar-refractivity contribution in [1.29, 1.82) is 0 Å². The Hall–Kier alpha value is -8.22. The number of ketones is 2. The number of benzene rings is 2. The van der Waals surface area contributed by atoms with E-state index < -0.39 is 35.0 Å². The number of fused-ring (bicyclic) bond motifs is 2. The third kappa shape index (κ3) is 17.0. The predicted molar refractivity (Wildman–Crippen MR) is 318 cm³/mol. The normalized spacial score (nSPS) is 15.1.